The van der Waals surface area contributed by atoms with Gasteiger partial charge in [0.05, 0.1) is 6.61 Å². The number of nitriles is 1. The van der Waals surface area contributed by atoms with Gasteiger partial charge in [0.1, 0.15) is 11.6 Å². The molecular formula is C14H22N2O2. The maximum Gasteiger partial charge on any atom is 0.348 e. The summed E-state index contributed by atoms with van der Waals surface area (Å²) in [5.41, 5.74) is 1.00. The lowest BCUT2D eigenvalue weighted by atomic mass is 10.1. The number of allylic oxidation sites excluding steroid dienone is 2. The second kappa shape index (κ2) is 9.29. The fourth-order valence-electron chi connectivity index (χ4n) is 1.40. The largest absolute Gasteiger partial charge is 0.462 e. The molecule has 0 fully saturated rings. The first-order valence-electron chi connectivity index (χ1n) is 6.36. The molecule has 0 aliphatic carbocycles. The van der Waals surface area contributed by atoms with E-state index in [0.29, 0.717) is 0 Å². The van der Waals surface area contributed by atoms with Gasteiger partial charge in [-0.15, -0.1) is 0 Å². The summed E-state index contributed by atoms with van der Waals surface area (Å²) in [5.74, 6) is -0.557. The minimum absolute atomic E-state index is 0.0529. The van der Waals surface area contributed by atoms with Crippen LogP contribution in [0.3, 0.4) is 0 Å². The minimum Gasteiger partial charge on any atom is -0.462 e. The van der Waals surface area contributed by atoms with Gasteiger partial charge in [-0.05, 0) is 38.8 Å². The molecule has 0 heterocycles. The molecule has 0 aromatic heterocycles. The van der Waals surface area contributed by atoms with E-state index in [1.165, 1.54) is 0 Å². The Morgan fingerprint density at radius 3 is 2.28 bits per heavy atom. The highest BCUT2D eigenvalue weighted by atomic mass is 16.5. The van der Waals surface area contributed by atoms with Crippen molar-refractivity contribution in [1.82, 2.24) is 4.90 Å². The molecule has 0 amide bonds. The van der Waals surface area contributed by atoms with Crippen LogP contribution in [0.4, 0.5) is 0 Å². The molecular weight excluding hydrogens is 228 g/mol. The fraction of sp³-hybridized carbons (Fsp3) is 0.571. The highest BCUT2D eigenvalue weighted by Crippen LogP contribution is 2.09. The molecule has 0 aliphatic heterocycles. The average Bonchev–Trinajstić information content (AvgIpc) is 2.39. The number of carbonyl (C=O) groups is 1. The molecule has 0 radical (unpaired) electrons. The summed E-state index contributed by atoms with van der Waals surface area (Å²) in [6.45, 7) is 9.91. The van der Waals surface area contributed by atoms with Crippen molar-refractivity contribution < 1.29 is 9.53 Å². The summed E-state index contributed by atoms with van der Waals surface area (Å²) >= 11 is 0. The Kier molecular flexibility index (Phi) is 8.38. The zero-order valence-electron chi connectivity index (χ0n) is 11.7. The Bertz CT molecular complexity index is 360. The molecule has 4 heteroatoms. The van der Waals surface area contributed by atoms with E-state index in [-0.39, 0.29) is 12.2 Å². The average molecular weight is 250 g/mol. The topological polar surface area (TPSA) is 53.3 Å². The van der Waals surface area contributed by atoms with E-state index in [4.69, 9.17) is 10.00 Å². The van der Waals surface area contributed by atoms with Gasteiger partial charge in [-0.1, -0.05) is 6.92 Å². The molecule has 0 atom stereocenters. The van der Waals surface area contributed by atoms with E-state index in [0.717, 1.165) is 25.1 Å². The first-order valence-corrected chi connectivity index (χ1v) is 6.36. The van der Waals surface area contributed by atoms with Gasteiger partial charge in [0.15, 0.2) is 0 Å². The number of carbonyl (C=O) groups excluding carboxylic acids is 1. The Morgan fingerprint density at radius 1 is 1.28 bits per heavy atom. The van der Waals surface area contributed by atoms with E-state index in [9.17, 15) is 4.79 Å². The van der Waals surface area contributed by atoms with Crippen molar-refractivity contribution in [2.24, 2.45) is 0 Å². The van der Waals surface area contributed by atoms with E-state index < -0.39 is 5.97 Å². The molecule has 18 heavy (non-hydrogen) atoms. The third-order valence-corrected chi connectivity index (χ3v) is 2.51. The monoisotopic (exact) mass is 250 g/mol. The number of nitrogens with zero attached hydrogens (tertiary/aromatic N) is 2. The van der Waals surface area contributed by atoms with Gasteiger partial charge in [-0.3, -0.25) is 0 Å². The van der Waals surface area contributed by atoms with Crippen LogP contribution in [0.1, 0.15) is 34.1 Å². The highest BCUT2D eigenvalue weighted by Gasteiger charge is 2.10. The standard InChI is InChI=1S/C14H22N2O2/c1-5-12(11-16(6-2)7-3)9-13(10-15)14(17)18-8-4/h9,11H,5-8H2,1-4H3. The van der Waals surface area contributed by atoms with E-state index >= 15 is 0 Å². The van der Waals surface area contributed by atoms with Gasteiger partial charge in [0.2, 0.25) is 0 Å². The van der Waals surface area contributed by atoms with Gasteiger partial charge in [0.25, 0.3) is 0 Å². The quantitative estimate of drug-likeness (QED) is 0.302. The molecule has 0 unspecified atom stereocenters. The van der Waals surface area contributed by atoms with Crippen molar-refractivity contribution >= 4 is 5.97 Å². The number of hydrogen-bond donors (Lipinski definition) is 0. The maximum atomic E-state index is 11.5. The van der Waals surface area contributed by atoms with Crippen LogP contribution < -0.4 is 0 Å². The molecule has 0 saturated carbocycles. The van der Waals surface area contributed by atoms with Crippen LogP contribution in [0.2, 0.25) is 0 Å². The summed E-state index contributed by atoms with van der Waals surface area (Å²) in [6, 6.07) is 1.89. The summed E-state index contributed by atoms with van der Waals surface area (Å²) < 4.78 is 4.83. The van der Waals surface area contributed by atoms with E-state index in [2.05, 4.69) is 18.7 Å². The number of rotatable bonds is 7. The van der Waals surface area contributed by atoms with Crippen molar-refractivity contribution in [1.29, 1.82) is 5.26 Å². The Labute approximate surface area is 110 Å². The smallest absolute Gasteiger partial charge is 0.348 e. The van der Waals surface area contributed by atoms with Crippen molar-refractivity contribution in [3.05, 3.63) is 23.4 Å². The molecule has 100 valence electrons. The Balaban J connectivity index is 5.06. The predicted molar refractivity (Wildman–Crippen MR) is 71.6 cm³/mol. The molecule has 0 rings (SSSR count). The molecule has 0 saturated heterocycles. The van der Waals surface area contributed by atoms with Crippen molar-refractivity contribution in [3.63, 3.8) is 0 Å². The van der Waals surface area contributed by atoms with Crippen molar-refractivity contribution in [2.75, 3.05) is 19.7 Å². The predicted octanol–water partition coefficient (Wildman–Crippen LogP) is 2.64. The molecule has 0 aromatic carbocycles. The van der Waals surface area contributed by atoms with Gasteiger partial charge < -0.3 is 9.64 Å². The third kappa shape index (κ3) is 5.53. The molecule has 4 nitrogen and oxygen atoms in total. The Morgan fingerprint density at radius 2 is 1.89 bits per heavy atom. The zero-order valence-corrected chi connectivity index (χ0v) is 11.7. The summed E-state index contributed by atoms with van der Waals surface area (Å²) in [5, 5.41) is 8.96. The highest BCUT2D eigenvalue weighted by molar-refractivity contribution is 5.93. The maximum absolute atomic E-state index is 11.5. The first-order chi connectivity index (χ1) is 8.62. The summed E-state index contributed by atoms with van der Waals surface area (Å²) in [4.78, 5) is 13.6. The second-order valence-corrected chi connectivity index (χ2v) is 3.67. The van der Waals surface area contributed by atoms with E-state index in [1.54, 1.807) is 13.0 Å². The Hall–Kier alpha value is -1.76. The number of hydrogen-bond acceptors (Lipinski definition) is 4. The van der Waals surface area contributed by atoms with Gasteiger partial charge in [-0.25, -0.2) is 4.79 Å². The molecule has 0 aliphatic rings. The van der Waals surface area contributed by atoms with Gasteiger partial charge >= 0.3 is 5.97 Å². The van der Waals surface area contributed by atoms with Crippen LogP contribution in [0, 0.1) is 11.3 Å². The third-order valence-electron chi connectivity index (χ3n) is 2.51. The normalized spacial score (nSPS) is 11.9. The van der Waals surface area contributed by atoms with Crippen LogP contribution in [0.25, 0.3) is 0 Å². The van der Waals surface area contributed by atoms with Crippen LogP contribution in [0.5, 0.6) is 0 Å². The molecule has 0 spiro atoms. The van der Waals surface area contributed by atoms with Gasteiger partial charge in [-0.2, -0.15) is 5.26 Å². The minimum atomic E-state index is -0.557. The summed E-state index contributed by atoms with van der Waals surface area (Å²) in [6.07, 6.45) is 4.36. The van der Waals surface area contributed by atoms with Crippen molar-refractivity contribution in [2.45, 2.75) is 34.1 Å². The lowest BCUT2D eigenvalue weighted by Gasteiger charge is -2.16. The van der Waals surface area contributed by atoms with Crippen molar-refractivity contribution in [3.8, 4) is 6.07 Å². The summed E-state index contributed by atoms with van der Waals surface area (Å²) in [7, 11) is 0. The van der Waals surface area contributed by atoms with Gasteiger partial charge in [0, 0.05) is 19.3 Å². The van der Waals surface area contributed by atoms with Crippen LogP contribution in [-0.4, -0.2) is 30.6 Å². The van der Waals surface area contributed by atoms with Crippen LogP contribution >= 0.6 is 0 Å². The molecule has 0 aromatic rings. The first kappa shape index (κ1) is 16.2. The number of esters is 1. The SMILES string of the molecule is CCOC(=O)C(C#N)=CC(=CN(CC)CC)CC. The van der Waals surface area contributed by atoms with Crippen LogP contribution in [0.15, 0.2) is 23.4 Å². The lowest BCUT2D eigenvalue weighted by molar-refractivity contribution is -0.138. The van der Waals surface area contributed by atoms with Crippen LogP contribution in [-0.2, 0) is 9.53 Å². The van der Waals surface area contributed by atoms with E-state index in [1.807, 2.05) is 19.2 Å². The molecule has 0 bridgehead atoms. The second-order valence-electron chi connectivity index (χ2n) is 3.67. The lowest BCUT2D eigenvalue weighted by Crippen LogP contribution is -2.16. The number of ether oxygens (including phenoxy) is 1. The fourth-order valence-corrected chi connectivity index (χ4v) is 1.40. The molecule has 0 N–H and O–H groups in total. The zero-order chi connectivity index (χ0) is 14.0.